The van der Waals surface area contributed by atoms with Gasteiger partial charge in [0, 0.05) is 16.0 Å². The molecule has 25 heavy (non-hydrogen) atoms. The molecular weight excluding hydrogens is 338 g/mol. The molecule has 0 aliphatic heterocycles. The first-order valence-corrected chi connectivity index (χ1v) is 9.51. The van der Waals surface area contributed by atoms with Gasteiger partial charge in [0.05, 0.1) is 7.11 Å². The lowest BCUT2D eigenvalue weighted by atomic mass is 9.47. The van der Waals surface area contributed by atoms with Crippen molar-refractivity contribution >= 4 is 23.5 Å². The Morgan fingerprint density at radius 3 is 2.28 bits per heavy atom. The molecule has 4 nitrogen and oxygen atoms in total. The third kappa shape index (κ3) is 3.05. The number of rotatable bonds is 4. The predicted octanol–water partition coefficient (Wildman–Crippen LogP) is 3.83. The van der Waals surface area contributed by atoms with Crippen molar-refractivity contribution < 1.29 is 14.3 Å². The van der Waals surface area contributed by atoms with Crippen LogP contribution >= 0.6 is 11.6 Å². The van der Waals surface area contributed by atoms with Crippen molar-refractivity contribution in [3.05, 3.63) is 34.9 Å². The molecule has 1 aromatic carbocycles. The second kappa shape index (κ2) is 6.31. The molecule has 4 aliphatic carbocycles. The molecule has 4 aliphatic rings. The summed E-state index contributed by atoms with van der Waals surface area (Å²) < 4.78 is 5.08. The van der Waals surface area contributed by atoms with Crippen LogP contribution in [-0.4, -0.2) is 25.0 Å². The molecule has 1 amide bonds. The minimum absolute atomic E-state index is 0.143. The topological polar surface area (TPSA) is 55.4 Å². The molecule has 0 saturated heterocycles. The van der Waals surface area contributed by atoms with E-state index in [1.165, 1.54) is 26.4 Å². The third-order valence-corrected chi connectivity index (χ3v) is 6.73. The van der Waals surface area contributed by atoms with Gasteiger partial charge in [-0.25, -0.2) is 4.79 Å². The van der Waals surface area contributed by atoms with Crippen molar-refractivity contribution in [1.82, 2.24) is 5.32 Å². The summed E-state index contributed by atoms with van der Waals surface area (Å²) in [7, 11) is 1.40. The summed E-state index contributed by atoms with van der Waals surface area (Å²) in [6.45, 7) is 0. The Balaban J connectivity index is 1.61. The second-order valence-corrected chi connectivity index (χ2v) is 8.66. The number of methoxy groups -OCH3 is 1. The number of carbonyl (C=O) groups is 2. The van der Waals surface area contributed by atoms with Crippen LogP contribution in [0.1, 0.15) is 48.9 Å². The predicted molar refractivity (Wildman–Crippen MR) is 95.3 cm³/mol. The zero-order valence-corrected chi connectivity index (χ0v) is 15.2. The van der Waals surface area contributed by atoms with Crippen molar-refractivity contribution in [3.63, 3.8) is 0 Å². The average molecular weight is 362 g/mol. The molecule has 5 rings (SSSR count). The number of carbonyl (C=O) groups excluding carboxylic acids is 2. The quantitative estimate of drug-likeness (QED) is 0.829. The first-order valence-electron chi connectivity index (χ1n) is 9.13. The minimum Gasteiger partial charge on any atom is -0.467 e. The van der Waals surface area contributed by atoms with Gasteiger partial charge in [-0.15, -0.1) is 0 Å². The fourth-order valence-corrected chi connectivity index (χ4v) is 6.15. The summed E-state index contributed by atoms with van der Waals surface area (Å²) in [6.07, 6.45) is 6.93. The van der Waals surface area contributed by atoms with Gasteiger partial charge in [-0.2, -0.15) is 0 Å². The van der Waals surface area contributed by atoms with E-state index >= 15 is 0 Å². The maximum absolute atomic E-state index is 12.7. The number of benzene rings is 1. The molecule has 0 heterocycles. The Morgan fingerprint density at radius 1 is 1.16 bits per heavy atom. The Morgan fingerprint density at radius 2 is 1.76 bits per heavy atom. The number of hydrogen-bond donors (Lipinski definition) is 1. The summed E-state index contributed by atoms with van der Waals surface area (Å²) in [5, 5.41) is 3.51. The summed E-state index contributed by atoms with van der Waals surface area (Å²) in [6, 6.07) is 6.25. The van der Waals surface area contributed by atoms with Crippen LogP contribution in [0.15, 0.2) is 24.3 Å². The molecule has 1 N–H and O–H groups in total. The molecule has 5 heteroatoms. The summed E-state index contributed by atoms with van der Waals surface area (Å²) in [5.74, 6) is 1.51. The van der Waals surface area contributed by atoms with Crippen LogP contribution in [0, 0.1) is 23.2 Å². The average Bonchev–Trinajstić information content (AvgIpc) is 2.57. The molecule has 0 spiro atoms. The fraction of sp³-hybridized carbons (Fsp3) is 0.600. The van der Waals surface area contributed by atoms with E-state index in [2.05, 4.69) is 5.32 Å². The SMILES string of the molecule is COC(=O)[C@@H](NC(=O)c1cccc(Cl)c1)C12CC3CC(CC(C3)C1)C2. The van der Waals surface area contributed by atoms with E-state index in [-0.39, 0.29) is 17.3 Å². The van der Waals surface area contributed by atoms with E-state index in [1.807, 2.05) is 0 Å². The largest absolute Gasteiger partial charge is 0.467 e. The van der Waals surface area contributed by atoms with Gasteiger partial charge in [0.1, 0.15) is 6.04 Å². The lowest BCUT2D eigenvalue weighted by Gasteiger charge is -2.58. The monoisotopic (exact) mass is 361 g/mol. The molecule has 0 unspecified atom stereocenters. The lowest BCUT2D eigenvalue weighted by molar-refractivity contribution is -0.154. The van der Waals surface area contributed by atoms with Gasteiger partial charge in [0.15, 0.2) is 0 Å². The van der Waals surface area contributed by atoms with Crippen LogP contribution in [0.5, 0.6) is 0 Å². The molecule has 4 bridgehead atoms. The fourth-order valence-electron chi connectivity index (χ4n) is 5.96. The zero-order valence-electron chi connectivity index (χ0n) is 14.5. The highest BCUT2D eigenvalue weighted by Gasteiger charge is 2.56. The molecule has 4 saturated carbocycles. The summed E-state index contributed by atoms with van der Waals surface area (Å²) in [4.78, 5) is 25.3. The van der Waals surface area contributed by atoms with Gasteiger partial charge in [-0.1, -0.05) is 17.7 Å². The van der Waals surface area contributed by atoms with E-state index in [9.17, 15) is 9.59 Å². The van der Waals surface area contributed by atoms with Gasteiger partial charge in [-0.05, 0) is 74.5 Å². The molecule has 1 aromatic rings. The van der Waals surface area contributed by atoms with Crippen LogP contribution in [0.3, 0.4) is 0 Å². The number of ether oxygens (including phenoxy) is 1. The van der Waals surface area contributed by atoms with Gasteiger partial charge in [0.25, 0.3) is 5.91 Å². The van der Waals surface area contributed by atoms with Gasteiger partial charge < -0.3 is 10.1 Å². The molecule has 4 fully saturated rings. The normalized spacial score (nSPS) is 33.8. The van der Waals surface area contributed by atoms with Crippen molar-refractivity contribution in [2.45, 2.75) is 44.6 Å². The molecule has 134 valence electrons. The minimum atomic E-state index is -0.572. The molecule has 0 radical (unpaired) electrons. The van der Waals surface area contributed by atoms with E-state index in [1.54, 1.807) is 24.3 Å². The van der Waals surface area contributed by atoms with Gasteiger partial charge >= 0.3 is 5.97 Å². The molecule has 1 atom stereocenters. The number of hydrogen-bond acceptors (Lipinski definition) is 3. The van der Waals surface area contributed by atoms with Crippen LogP contribution < -0.4 is 5.32 Å². The highest BCUT2D eigenvalue weighted by atomic mass is 35.5. The second-order valence-electron chi connectivity index (χ2n) is 8.22. The van der Waals surface area contributed by atoms with Crippen LogP contribution in [0.25, 0.3) is 0 Å². The highest BCUT2D eigenvalue weighted by Crippen LogP contribution is 2.61. The number of esters is 1. The zero-order chi connectivity index (χ0) is 17.6. The maximum Gasteiger partial charge on any atom is 0.328 e. The van der Waals surface area contributed by atoms with Crippen LogP contribution in [-0.2, 0) is 9.53 Å². The van der Waals surface area contributed by atoms with Crippen molar-refractivity contribution in [2.24, 2.45) is 23.2 Å². The standard InChI is InChI=1S/C20H24ClNO3/c1-25-19(24)17(22-18(23)15-3-2-4-16(21)8-15)20-9-12-5-13(10-20)7-14(6-12)11-20/h2-4,8,12-14,17H,5-7,9-11H2,1H3,(H,22,23)/t12?,13?,14?,17-,20?/m1/s1. The van der Waals surface area contributed by atoms with E-state index in [4.69, 9.17) is 16.3 Å². The maximum atomic E-state index is 12.7. The Labute approximate surface area is 153 Å². The van der Waals surface area contributed by atoms with Crippen LogP contribution in [0.4, 0.5) is 0 Å². The smallest absolute Gasteiger partial charge is 0.328 e. The Kier molecular flexibility index (Phi) is 4.27. The summed E-state index contributed by atoms with van der Waals surface area (Å²) in [5.41, 5.74) is 0.335. The Hall–Kier alpha value is -1.55. The number of nitrogens with one attached hydrogen (secondary N) is 1. The first kappa shape index (κ1) is 16.9. The van der Waals surface area contributed by atoms with Gasteiger partial charge in [0.2, 0.25) is 0 Å². The first-order chi connectivity index (χ1) is 12.0. The summed E-state index contributed by atoms with van der Waals surface area (Å²) >= 11 is 6.00. The third-order valence-electron chi connectivity index (χ3n) is 6.50. The lowest BCUT2D eigenvalue weighted by Crippen LogP contribution is -2.60. The van der Waals surface area contributed by atoms with Crippen LogP contribution in [0.2, 0.25) is 5.02 Å². The Bertz CT molecular complexity index is 667. The number of amides is 1. The van der Waals surface area contributed by atoms with Crippen molar-refractivity contribution in [1.29, 1.82) is 0 Å². The van der Waals surface area contributed by atoms with E-state index in [0.717, 1.165) is 19.3 Å². The highest BCUT2D eigenvalue weighted by molar-refractivity contribution is 6.31. The number of halogens is 1. The van der Waals surface area contributed by atoms with Crippen molar-refractivity contribution in [2.75, 3.05) is 7.11 Å². The van der Waals surface area contributed by atoms with E-state index in [0.29, 0.717) is 28.3 Å². The van der Waals surface area contributed by atoms with Gasteiger partial charge in [-0.3, -0.25) is 4.79 Å². The van der Waals surface area contributed by atoms with Crippen molar-refractivity contribution in [3.8, 4) is 0 Å². The molecule has 0 aromatic heterocycles. The molecular formula is C20H24ClNO3. The van der Waals surface area contributed by atoms with E-state index < -0.39 is 6.04 Å².